The van der Waals surface area contributed by atoms with E-state index in [0.717, 1.165) is 18.5 Å². The van der Waals surface area contributed by atoms with Gasteiger partial charge in [-0.2, -0.15) is 4.31 Å². The van der Waals surface area contributed by atoms with Crippen LogP contribution in [0.1, 0.15) is 25.7 Å². The predicted octanol–water partition coefficient (Wildman–Crippen LogP) is 2.20. The van der Waals surface area contributed by atoms with Gasteiger partial charge in [0.05, 0.1) is 12.5 Å². The molecule has 7 nitrogen and oxygen atoms in total. The van der Waals surface area contributed by atoms with Gasteiger partial charge in [0.25, 0.3) is 0 Å². The molecule has 1 saturated heterocycles. The number of aromatic nitrogens is 1. The first-order valence-corrected chi connectivity index (χ1v) is 11.3. The zero-order chi connectivity index (χ0) is 20.9. The Morgan fingerprint density at radius 2 is 2.07 bits per heavy atom. The van der Waals surface area contributed by atoms with E-state index in [4.69, 9.17) is 4.74 Å². The SMILES string of the molecule is C=C(NC1CC1)C1CCN(S(=O)(=O)c2ccc(OC/C(=C/F)CNC)nc2)CC1. The maximum Gasteiger partial charge on any atom is 0.244 e. The molecule has 160 valence electrons. The standard InChI is InChI=1S/C20H29FN4O3S/c1-15(24-18-3-4-18)17-7-9-25(10-8-17)29(26,27)19-5-6-20(23-13-19)28-14-16(11-21)12-22-2/h5-6,11,13,17-18,22,24H,1,3-4,7-10,12,14H2,2H3/b16-11+. The largest absolute Gasteiger partial charge is 0.473 e. The molecule has 3 rings (SSSR count). The molecule has 9 heteroatoms. The molecule has 0 bridgehead atoms. The summed E-state index contributed by atoms with van der Waals surface area (Å²) in [6, 6.07) is 3.54. The zero-order valence-electron chi connectivity index (χ0n) is 16.7. The molecule has 29 heavy (non-hydrogen) atoms. The second kappa shape index (κ2) is 9.69. The van der Waals surface area contributed by atoms with Crippen LogP contribution in [0, 0.1) is 5.92 Å². The number of pyridine rings is 1. The summed E-state index contributed by atoms with van der Waals surface area (Å²) in [5, 5.41) is 6.27. The minimum Gasteiger partial charge on any atom is -0.473 e. The molecule has 0 spiro atoms. The molecule has 1 aromatic heterocycles. The van der Waals surface area contributed by atoms with Gasteiger partial charge in [0.2, 0.25) is 15.9 Å². The van der Waals surface area contributed by atoms with Gasteiger partial charge in [0, 0.05) is 48.9 Å². The molecule has 1 aliphatic heterocycles. The highest BCUT2D eigenvalue weighted by Crippen LogP contribution is 2.29. The number of allylic oxidation sites excluding steroid dienone is 1. The summed E-state index contributed by atoms with van der Waals surface area (Å²) >= 11 is 0. The van der Waals surface area contributed by atoms with Crippen molar-refractivity contribution in [3.8, 4) is 5.88 Å². The summed E-state index contributed by atoms with van der Waals surface area (Å²) in [7, 11) is -1.89. The molecule has 0 radical (unpaired) electrons. The molecule has 0 atom stereocenters. The number of piperidine rings is 1. The zero-order valence-corrected chi connectivity index (χ0v) is 17.5. The van der Waals surface area contributed by atoms with Gasteiger partial charge in [-0.15, -0.1) is 0 Å². The van der Waals surface area contributed by atoms with Crippen LogP contribution >= 0.6 is 0 Å². The molecule has 1 aliphatic carbocycles. The molecule has 1 saturated carbocycles. The van der Waals surface area contributed by atoms with Crippen molar-refractivity contribution in [2.45, 2.75) is 36.6 Å². The van der Waals surface area contributed by atoms with E-state index in [1.165, 1.54) is 35.5 Å². The number of sulfonamides is 1. The van der Waals surface area contributed by atoms with Crippen LogP contribution in [0.3, 0.4) is 0 Å². The van der Waals surface area contributed by atoms with Crippen molar-refractivity contribution < 1.29 is 17.5 Å². The summed E-state index contributed by atoms with van der Waals surface area (Å²) in [4.78, 5) is 4.20. The highest BCUT2D eigenvalue weighted by Gasteiger charge is 2.32. The topological polar surface area (TPSA) is 83.6 Å². The number of ether oxygens (including phenoxy) is 1. The van der Waals surface area contributed by atoms with Gasteiger partial charge >= 0.3 is 0 Å². The summed E-state index contributed by atoms with van der Waals surface area (Å²) in [5.41, 5.74) is 1.47. The third-order valence-electron chi connectivity index (χ3n) is 5.22. The molecule has 0 aromatic carbocycles. The van der Waals surface area contributed by atoms with Crippen LogP contribution in [0.4, 0.5) is 4.39 Å². The van der Waals surface area contributed by atoms with E-state index >= 15 is 0 Å². The van der Waals surface area contributed by atoms with Gasteiger partial charge in [0.15, 0.2) is 0 Å². The third kappa shape index (κ3) is 5.77. The fourth-order valence-electron chi connectivity index (χ4n) is 3.32. The first-order chi connectivity index (χ1) is 13.9. The van der Waals surface area contributed by atoms with Crippen LogP contribution in [-0.4, -0.2) is 57.0 Å². The Hall–Kier alpha value is -1.97. The lowest BCUT2D eigenvalue weighted by Crippen LogP contribution is -2.40. The van der Waals surface area contributed by atoms with Gasteiger partial charge in [0.1, 0.15) is 11.5 Å². The monoisotopic (exact) mass is 424 g/mol. The Balaban J connectivity index is 1.54. The van der Waals surface area contributed by atoms with Crippen molar-refractivity contribution in [1.82, 2.24) is 19.9 Å². The Morgan fingerprint density at radius 3 is 2.62 bits per heavy atom. The molecule has 1 aromatic rings. The Morgan fingerprint density at radius 1 is 1.34 bits per heavy atom. The summed E-state index contributed by atoms with van der Waals surface area (Å²) in [5.74, 6) is 0.562. The lowest BCUT2D eigenvalue weighted by Gasteiger charge is -2.32. The quantitative estimate of drug-likeness (QED) is 0.599. The summed E-state index contributed by atoms with van der Waals surface area (Å²) in [6.07, 6.45) is 5.70. The lowest BCUT2D eigenvalue weighted by atomic mass is 9.95. The van der Waals surface area contributed by atoms with Crippen LogP contribution in [0.15, 0.2) is 47.4 Å². The fourth-order valence-corrected chi connectivity index (χ4v) is 4.74. The number of nitrogens with zero attached hydrogens (tertiary/aromatic N) is 2. The number of rotatable bonds is 10. The van der Waals surface area contributed by atoms with Gasteiger partial charge in [-0.3, -0.25) is 0 Å². The molecule has 2 N–H and O–H groups in total. The molecular weight excluding hydrogens is 395 g/mol. The highest BCUT2D eigenvalue weighted by molar-refractivity contribution is 7.89. The van der Waals surface area contributed by atoms with Crippen LogP contribution in [0.2, 0.25) is 0 Å². The van der Waals surface area contributed by atoms with Crippen LogP contribution in [0.5, 0.6) is 5.88 Å². The van der Waals surface area contributed by atoms with E-state index in [1.54, 1.807) is 7.05 Å². The Bertz CT molecular complexity index is 830. The highest BCUT2D eigenvalue weighted by atomic mass is 32.2. The number of halogens is 1. The van der Waals surface area contributed by atoms with Crippen LogP contribution < -0.4 is 15.4 Å². The fraction of sp³-hybridized carbons (Fsp3) is 0.550. The third-order valence-corrected chi connectivity index (χ3v) is 7.11. The van der Waals surface area contributed by atoms with Crippen LogP contribution in [-0.2, 0) is 10.0 Å². The molecule has 2 fully saturated rings. The minimum absolute atomic E-state index is 0.0444. The van der Waals surface area contributed by atoms with E-state index in [-0.39, 0.29) is 17.4 Å². The summed E-state index contributed by atoms with van der Waals surface area (Å²) < 4.78 is 45.4. The number of nitrogens with one attached hydrogen (secondary N) is 2. The normalized spacial score (nSPS) is 19.2. The molecule has 0 unspecified atom stereocenters. The van der Waals surface area contributed by atoms with Crippen molar-refractivity contribution >= 4 is 10.0 Å². The Kier molecular flexibility index (Phi) is 7.26. The smallest absolute Gasteiger partial charge is 0.244 e. The molecule has 2 heterocycles. The molecule has 0 amide bonds. The van der Waals surface area contributed by atoms with E-state index < -0.39 is 10.0 Å². The van der Waals surface area contributed by atoms with Gasteiger partial charge in [-0.05, 0) is 38.8 Å². The van der Waals surface area contributed by atoms with E-state index in [0.29, 0.717) is 43.5 Å². The van der Waals surface area contributed by atoms with Crippen molar-refractivity contribution in [2.24, 2.45) is 5.92 Å². The van der Waals surface area contributed by atoms with Crippen molar-refractivity contribution in [1.29, 1.82) is 0 Å². The first kappa shape index (κ1) is 21.7. The van der Waals surface area contributed by atoms with E-state index in [9.17, 15) is 12.8 Å². The summed E-state index contributed by atoms with van der Waals surface area (Å²) in [6.45, 7) is 5.46. The maximum atomic E-state index is 12.9. The van der Waals surface area contributed by atoms with Gasteiger partial charge in [-0.1, -0.05) is 6.58 Å². The lowest BCUT2D eigenvalue weighted by molar-refractivity contribution is 0.291. The average molecular weight is 425 g/mol. The minimum atomic E-state index is -3.60. The van der Waals surface area contributed by atoms with Crippen molar-refractivity contribution in [3.05, 3.63) is 42.5 Å². The first-order valence-electron chi connectivity index (χ1n) is 9.91. The van der Waals surface area contributed by atoms with E-state index in [1.807, 2.05) is 0 Å². The second-order valence-electron chi connectivity index (χ2n) is 7.54. The average Bonchev–Trinajstić information content (AvgIpc) is 3.55. The van der Waals surface area contributed by atoms with Crippen molar-refractivity contribution in [2.75, 3.05) is 33.3 Å². The van der Waals surface area contributed by atoms with Crippen LogP contribution in [0.25, 0.3) is 0 Å². The Labute approximate surface area is 172 Å². The predicted molar refractivity (Wildman–Crippen MR) is 110 cm³/mol. The number of likely N-dealkylation sites (N-methyl/N-ethyl adjacent to an activating group) is 1. The van der Waals surface area contributed by atoms with E-state index in [2.05, 4.69) is 22.2 Å². The maximum absolute atomic E-state index is 12.9. The molecular formula is C20H29FN4O3S. The molecule has 2 aliphatic rings. The number of hydrogen-bond acceptors (Lipinski definition) is 6. The number of hydrogen-bond donors (Lipinski definition) is 2. The second-order valence-corrected chi connectivity index (χ2v) is 9.48. The van der Waals surface area contributed by atoms with Crippen molar-refractivity contribution in [3.63, 3.8) is 0 Å². The van der Waals surface area contributed by atoms with Gasteiger partial charge in [-0.25, -0.2) is 17.8 Å². The van der Waals surface area contributed by atoms with Gasteiger partial charge < -0.3 is 15.4 Å².